The molecule has 1 aliphatic rings. The molecule has 0 aromatic heterocycles. The van der Waals surface area contributed by atoms with E-state index in [9.17, 15) is 0 Å². The molecule has 1 N–H and O–H groups in total. The minimum absolute atomic E-state index is 0. The summed E-state index contributed by atoms with van der Waals surface area (Å²) in [4.78, 5) is 2.54. The van der Waals surface area contributed by atoms with Gasteiger partial charge in [0.15, 0.2) is 0 Å². The molecule has 1 rings (SSSR count). The highest BCUT2D eigenvalue weighted by Gasteiger charge is 2.20. The summed E-state index contributed by atoms with van der Waals surface area (Å²) in [7, 11) is 1.96. The molecule has 0 aromatic carbocycles. The Balaban J connectivity index is 0.00000256. The van der Waals surface area contributed by atoms with Gasteiger partial charge in [-0.1, -0.05) is 13.8 Å². The summed E-state index contributed by atoms with van der Waals surface area (Å²) in [5, 5.41) is 3.09. The first-order valence-corrected chi connectivity index (χ1v) is 6.68. The maximum atomic E-state index is 5.55. The first-order chi connectivity index (χ1) is 7.74. The minimum Gasteiger partial charge on any atom is -0.379 e. The van der Waals surface area contributed by atoms with Gasteiger partial charge in [0.2, 0.25) is 0 Å². The zero-order valence-corrected chi connectivity index (χ0v) is 11.2. The highest BCUT2D eigenvalue weighted by molar-refractivity contribution is 4.73. The molecule has 0 aromatic rings. The maximum Gasteiger partial charge on any atom is 0.0594 e. The van der Waals surface area contributed by atoms with E-state index >= 15 is 0 Å². The summed E-state index contributed by atoms with van der Waals surface area (Å²) < 4.78 is 5.55. The van der Waals surface area contributed by atoms with Gasteiger partial charge in [0, 0.05) is 14.5 Å². The molecule has 3 heteroatoms. The van der Waals surface area contributed by atoms with Crippen molar-refractivity contribution in [2.75, 3.05) is 46.4 Å². The fraction of sp³-hybridized carbons (Fsp3) is 1.00. The van der Waals surface area contributed by atoms with E-state index in [1.807, 2.05) is 7.05 Å². The summed E-state index contributed by atoms with van der Waals surface area (Å²) in [5.41, 5.74) is 0. The summed E-state index contributed by atoms with van der Waals surface area (Å²) in [6.45, 7) is 11.0. The second-order valence-electron chi connectivity index (χ2n) is 5.14. The van der Waals surface area contributed by atoms with Crippen LogP contribution in [0.4, 0.5) is 0 Å². The molecule has 1 aliphatic heterocycles. The van der Waals surface area contributed by atoms with Crippen LogP contribution in [0, 0.1) is 11.8 Å². The lowest BCUT2D eigenvalue weighted by Gasteiger charge is -2.33. The van der Waals surface area contributed by atoms with Gasteiger partial charge in [-0.05, 0) is 44.8 Å². The van der Waals surface area contributed by atoms with E-state index in [1.165, 1.54) is 25.9 Å². The normalized spacial score (nSPS) is 19.5. The molecule has 98 valence electrons. The smallest absolute Gasteiger partial charge is 0.0594 e. The van der Waals surface area contributed by atoms with Crippen LogP contribution in [0.15, 0.2) is 0 Å². The van der Waals surface area contributed by atoms with Gasteiger partial charge in [-0.15, -0.1) is 0 Å². The van der Waals surface area contributed by atoms with Gasteiger partial charge in [-0.25, -0.2) is 0 Å². The molecule has 0 bridgehead atoms. The Bertz CT molecular complexity index is 171. The topological polar surface area (TPSA) is 24.5 Å². The van der Waals surface area contributed by atoms with Gasteiger partial charge in [-0.2, -0.15) is 0 Å². The van der Waals surface area contributed by atoms with E-state index in [2.05, 4.69) is 24.1 Å². The summed E-state index contributed by atoms with van der Waals surface area (Å²) in [6, 6.07) is 0. The summed E-state index contributed by atoms with van der Waals surface area (Å²) >= 11 is 0. The molecule has 0 radical (unpaired) electrons. The summed E-state index contributed by atoms with van der Waals surface area (Å²) in [6.07, 6.45) is 2.74. The Hall–Kier alpha value is -0.120. The Morgan fingerprint density at radius 1 is 1.31 bits per heavy atom. The Kier molecular flexibility index (Phi) is 7.01. The second kappa shape index (κ2) is 8.04. The highest BCUT2D eigenvalue weighted by Crippen LogP contribution is 2.23. The lowest BCUT2D eigenvalue weighted by Crippen LogP contribution is -2.37. The molecule has 0 atom stereocenters. The van der Waals surface area contributed by atoms with E-state index in [4.69, 9.17) is 4.74 Å². The third-order valence-electron chi connectivity index (χ3n) is 3.62. The highest BCUT2D eigenvalue weighted by atomic mass is 16.5. The average Bonchev–Trinajstić information content (AvgIpc) is 2.29. The van der Waals surface area contributed by atoms with Crippen molar-refractivity contribution >= 4 is 0 Å². The Morgan fingerprint density at radius 3 is 2.56 bits per heavy atom. The lowest BCUT2D eigenvalue weighted by molar-refractivity contribution is 0.0847. The van der Waals surface area contributed by atoms with E-state index in [1.54, 1.807) is 0 Å². The fourth-order valence-corrected chi connectivity index (χ4v) is 2.31. The van der Waals surface area contributed by atoms with Crippen LogP contribution in [0.1, 0.15) is 28.1 Å². The van der Waals surface area contributed by atoms with Crippen LogP contribution in [0.2, 0.25) is 0 Å². The predicted octanol–water partition coefficient (Wildman–Crippen LogP) is 1.84. The van der Waals surface area contributed by atoms with Crippen molar-refractivity contribution in [1.29, 1.82) is 0 Å². The zero-order valence-electron chi connectivity index (χ0n) is 11.2. The van der Waals surface area contributed by atoms with Gasteiger partial charge in [-0.3, -0.25) is 0 Å². The van der Waals surface area contributed by atoms with Crippen LogP contribution in [0.25, 0.3) is 0 Å². The number of nitrogens with zero attached hydrogens (tertiary/aromatic N) is 1. The number of likely N-dealkylation sites (tertiary alicyclic amines) is 1. The molecule has 0 amide bonds. The molecule has 0 spiro atoms. The molecule has 1 saturated heterocycles. The van der Waals surface area contributed by atoms with Crippen LogP contribution in [0.3, 0.4) is 0 Å². The molecule has 1 fully saturated rings. The molecule has 0 aliphatic carbocycles. The molecular weight excluding hydrogens is 200 g/mol. The number of piperidine rings is 1. The Morgan fingerprint density at radius 2 is 2.00 bits per heavy atom. The SMILES string of the molecule is CNCCOCCN1CCC(C(C)C)CC1.[HH]. The van der Waals surface area contributed by atoms with E-state index in [-0.39, 0.29) is 1.43 Å². The maximum absolute atomic E-state index is 5.55. The number of likely N-dealkylation sites (N-methyl/N-ethyl adjacent to an activating group) is 1. The third kappa shape index (κ3) is 5.28. The molecular formula is C13H30N2O. The first kappa shape index (κ1) is 13.9. The minimum atomic E-state index is 0. The van der Waals surface area contributed by atoms with Crippen molar-refractivity contribution in [2.24, 2.45) is 11.8 Å². The molecule has 3 nitrogen and oxygen atoms in total. The van der Waals surface area contributed by atoms with Crippen molar-refractivity contribution in [3.8, 4) is 0 Å². The monoisotopic (exact) mass is 230 g/mol. The average molecular weight is 230 g/mol. The predicted molar refractivity (Wildman–Crippen MR) is 70.9 cm³/mol. The van der Waals surface area contributed by atoms with Crippen molar-refractivity contribution in [1.82, 2.24) is 10.2 Å². The van der Waals surface area contributed by atoms with Gasteiger partial charge in [0.25, 0.3) is 0 Å². The van der Waals surface area contributed by atoms with Crippen LogP contribution in [-0.4, -0.2) is 51.3 Å². The standard InChI is InChI=1S/C13H28N2O.H2/c1-12(2)13-4-7-15(8-5-13)9-11-16-10-6-14-3;/h12-14H,4-11H2,1-3H3;1H. The van der Waals surface area contributed by atoms with E-state index in [0.717, 1.165) is 38.1 Å². The van der Waals surface area contributed by atoms with Crippen LogP contribution in [-0.2, 0) is 4.74 Å². The Labute approximate surface area is 102 Å². The number of nitrogens with one attached hydrogen (secondary N) is 1. The number of hydrogen-bond donors (Lipinski definition) is 1. The quantitative estimate of drug-likeness (QED) is 0.675. The summed E-state index contributed by atoms with van der Waals surface area (Å²) in [5.74, 6) is 1.80. The van der Waals surface area contributed by atoms with Crippen LogP contribution < -0.4 is 5.32 Å². The number of hydrogen-bond acceptors (Lipinski definition) is 3. The zero-order chi connectivity index (χ0) is 11.8. The number of rotatable bonds is 7. The van der Waals surface area contributed by atoms with Gasteiger partial charge >= 0.3 is 0 Å². The molecule has 0 saturated carbocycles. The fourth-order valence-electron chi connectivity index (χ4n) is 2.31. The lowest BCUT2D eigenvalue weighted by atomic mass is 9.87. The second-order valence-corrected chi connectivity index (χ2v) is 5.14. The van der Waals surface area contributed by atoms with Crippen molar-refractivity contribution in [3.63, 3.8) is 0 Å². The largest absolute Gasteiger partial charge is 0.379 e. The first-order valence-electron chi connectivity index (χ1n) is 6.68. The molecule has 1 heterocycles. The third-order valence-corrected chi connectivity index (χ3v) is 3.62. The van der Waals surface area contributed by atoms with E-state index in [0.29, 0.717) is 0 Å². The molecule has 16 heavy (non-hydrogen) atoms. The van der Waals surface area contributed by atoms with Crippen molar-refractivity contribution < 1.29 is 6.16 Å². The molecule has 0 unspecified atom stereocenters. The number of ether oxygens (including phenoxy) is 1. The van der Waals surface area contributed by atoms with Gasteiger partial charge in [0.1, 0.15) is 0 Å². The van der Waals surface area contributed by atoms with Crippen molar-refractivity contribution in [3.05, 3.63) is 0 Å². The van der Waals surface area contributed by atoms with Crippen LogP contribution in [0.5, 0.6) is 0 Å². The van der Waals surface area contributed by atoms with Gasteiger partial charge < -0.3 is 15.0 Å². The van der Waals surface area contributed by atoms with E-state index < -0.39 is 0 Å². The van der Waals surface area contributed by atoms with Gasteiger partial charge in [0.05, 0.1) is 13.2 Å². The van der Waals surface area contributed by atoms with Crippen molar-refractivity contribution in [2.45, 2.75) is 26.7 Å². The van der Waals surface area contributed by atoms with Crippen LogP contribution >= 0.6 is 0 Å².